The van der Waals surface area contributed by atoms with Crippen LogP contribution in [0, 0.1) is 11.3 Å². The number of hydrogen-bond donors (Lipinski definition) is 1. The van der Waals surface area contributed by atoms with Gasteiger partial charge in [0, 0.05) is 43.7 Å². The zero-order valence-electron chi connectivity index (χ0n) is 20.9. The van der Waals surface area contributed by atoms with Crippen molar-refractivity contribution in [1.82, 2.24) is 19.4 Å². The Balaban J connectivity index is 1.62. The number of carbonyl (C=O) groups is 3. The quantitative estimate of drug-likeness (QED) is 0.622. The molecule has 3 amide bonds. The van der Waals surface area contributed by atoms with Gasteiger partial charge in [0.15, 0.2) is 0 Å². The Morgan fingerprint density at radius 3 is 2.35 bits per heavy atom. The van der Waals surface area contributed by atoms with Crippen LogP contribution in [0.1, 0.15) is 61.3 Å². The third-order valence-corrected chi connectivity index (χ3v) is 8.30. The van der Waals surface area contributed by atoms with E-state index in [0.29, 0.717) is 32.5 Å². The van der Waals surface area contributed by atoms with Crippen molar-refractivity contribution in [3.05, 3.63) is 29.3 Å². The van der Waals surface area contributed by atoms with Gasteiger partial charge in [-0.05, 0) is 64.4 Å². The Morgan fingerprint density at radius 1 is 1.18 bits per heavy atom. The molecule has 3 rings (SSSR count). The van der Waals surface area contributed by atoms with Gasteiger partial charge < -0.3 is 15.1 Å². The van der Waals surface area contributed by atoms with E-state index < -0.39 is 22.0 Å². The van der Waals surface area contributed by atoms with E-state index in [9.17, 15) is 22.8 Å². The first-order chi connectivity index (χ1) is 15.7. The normalized spacial score (nSPS) is 18.5. The molecule has 2 aliphatic rings. The van der Waals surface area contributed by atoms with Crippen LogP contribution in [0.4, 0.5) is 0 Å². The second-order valence-electron chi connectivity index (χ2n) is 10.6. The molecule has 1 fully saturated rings. The predicted octanol–water partition coefficient (Wildman–Crippen LogP) is 1.80. The molecule has 1 aromatic rings. The fraction of sp³-hybridized carbons (Fsp3) is 0.625. The number of hydrogen-bond acceptors (Lipinski definition) is 6. The highest BCUT2D eigenvalue weighted by atomic mass is 32.2. The third kappa shape index (κ3) is 5.27. The number of likely N-dealkylation sites (tertiary alicyclic amines) is 1. The number of sulfonamides is 1. The van der Waals surface area contributed by atoms with Crippen LogP contribution < -0.4 is 5.32 Å². The van der Waals surface area contributed by atoms with Crippen LogP contribution in [-0.2, 0) is 14.8 Å². The molecule has 1 N–H and O–H groups in total. The summed E-state index contributed by atoms with van der Waals surface area (Å²) in [5, 5.41) is 3.06. The maximum atomic E-state index is 13.1. The number of rotatable bonds is 7. The lowest BCUT2D eigenvalue weighted by atomic mass is 9.91. The molecule has 1 saturated heterocycles. The van der Waals surface area contributed by atoms with E-state index in [2.05, 4.69) is 24.1 Å². The molecule has 2 heterocycles. The van der Waals surface area contributed by atoms with E-state index >= 15 is 0 Å². The zero-order chi connectivity index (χ0) is 25.4. The second kappa shape index (κ2) is 9.65. The second-order valence-corrected chi connectivity index (χ2v) is 12.4. The van der Waals surface area contributed by atoms with Gasteiger partial charge >= 0.3 is 0 Å². The minimum absolute atomic E-state index is 0.00911. The number of benzene rings is 1. The van der Waals surface area contributed by atoms with Gasteiger partial charge in [-0.15, -0.1) is 0 Å². The molecule has 0 spiro atoms. The molecule has 9 nitrogen and oxygen atoms in total. The van der Waals surface area contributed by atoms with Gasteiger partial charge in [0.1, 0.15) is 4.90 Å². The molecule has 0 unspecified atom stereocenters. The molecule has 0 aromatic heterocycles. The van der Waals surface area contributed by atoms with Crippen LogP contribution in [0.2, 0.25) is 0 Å². The van der Waals surface area contributed by atoms with E-state index in [-0.39, 0.29) is 39.2 Å². The van der Waals surface area contributed by atoms with Gasteiger partial charge in [0.25, 0.3) is 21.8 Å². The summed E-state index contributed by atoms with van der Waals surface area (Å²) in [6, 6.07) is 3.71. The summed E-state index contributed by atoms with van der Waals surface area (Å²) in [6.07, 6.45) is 1.10. The molecule has 188 valence electrons. The fourth-order valence-corrected chi connectivity index (χ4v) is 6.59. The van der Waals surface area contributed by atoms with Crippen LogP contribution in [0.3, 0.4) is 0 Å². The molecule has 0 radical (unpaired) electrons. The monoisotopic (exact) mass is 492 g/mol. The summed E-state index contributed by atoms with van der Waals surface area (Å²) < 4.78 is 26.5. The first-order valence-electron chi connectivity index (χ1n) is 11.7. The summed E-state index contributed by atoms with van der Waals surface area (Å²) in [7, 11) is 0.0391. The lowest BCUT2D eigenvalue weighted by Gasteiger charge is -2.33. The highest BCUT2D eigenvalue weighted by Crippen LogP contribution is 2.33. The SMILES string of the molecule is CC(C)N1C(=O)c2ccc(C(=O)N3CCC(C(=O)NCC(C)(C)CN(C)C)CC3)cc2S1(=O)=O. The van der Waals surface area contributed by atoms with Crippen molar-refractivity contribution in [3.63, 3.8) is 0 Å². The average Bonchev–Trinajstić information content (AvgIpc) is 2.95. The van der Waals surface area contributed by atoms with Crippen molar-refractivity contribution in [2.75, 3.05) is 40.3 Å². The fourth-order valence-electron chi connectivity index (χ4n) is 4.80. The minimum Gasteiger partial charge on any atom is -0.355 e. The van der Waals surface area contributed by atoms with Crippen molar-refractivity contribution >= 4 is 27.7 Å². The van der Waals surface area contributed by atoms with Gasteiger partial charge in [0.05, 0.1) is 5.56 Å². The Kier molecular flexibility index (Phi) is 7.43. The summed E-state index contributed by atoms with van der Waals surface area (Å²) in [4.78, 5) is 41.9. The van der Waals surface area contributed by atoms with Gasteiger partial charge in [-0.3, -0.25) is 14.4 Å². The van der Waals surface area contributed by atoms with Gasteiger partial charge in [-0.2, -0.15) is 0 Å². The maximum Gasteiger partial charge on any atom is 0.269 e. The molecule has 1 aromatic carbocycles. The van der Waals surface area contributed by atoms with E-state index in [0.717, 1.165) is 10.8 Å². The standard InChI is InChI=1S/C24H36N4O5S/c1-16(2)28-23(31)19-8-7-18(13-20(19)34(28,32)33)22(30)27-11-9-17(10-12-27)21(29)25-14-24(3,4)15-26(5)6/h7-8,13,16-17H,9-12,14-15H2,1-6H3,(H,25,29). The van der Waals surface area contributed by atoms with Crippen LogP contribution in [-0.4, -0.2) is 86.6 Å². The molecule has 0 saturated carbocycles. The van der Waals surface area contributed by atoms with Crippen LogP contribution in [0.25, 0.3) is 0 Å². The average molecular weight is 493 g/mol. The van der Waals surface area contributed by atoms with Gasteiger partial charge in [-0.1, -0.05) is 13.8 Å². The number of nitrogens with one attached hydrogen (secondary N) is 1. The molecule has 10 heteroatoms. The van der Waals surface area contributed by atoms with Gasteiger partial charge in [-0.25, -0.2) is 12.7 Å². The lowest BCUT2D eigenvalue weighted by Crippen LogP contribution is -2.46. The number of nitrogens with zero attached hydrogens (tertiary/aromatic N) is 3. The van der Waals surface area contributed by atoms with Crippen molar-refractivity contribution in [2.45, 2.75) is 51.5 Å². The van der Waals surface area contributed by atoms with Gasteiger partial charge in [0.2, 0.25) is 5.91 Å². The van der Waals surface area contributed by atoms with Crippen molar-refractivity contribution in [1.29, 1.82) is 0 Å². The summed E-state index contributed by atoms with van der Waals surface area (Å²) in [5.74, 6) is -1.00. The molecule has 34 heavy (non-hydrogen) atoms. The Labute approximate surface area is 202 Å². The molecule has 0 atom stereocenters. The minimum atomic E-state index is -3.97. The first-order valence-corrected chi connectivity index (χ1v) is 13.1. The summed E-state index contributed by atoms with van der Waals surface area (Å²) in [5.41, 5.74) is 0.280. The number of piperidine rings is 1. The molecular formula is C24H36N4O5S. The van der Waals surface area contributed by atoms with E-state index in [1.54, 1.807) is 18.7 Å². The third-order valence-electron chi connectivity index (χ3n) is 6.30. The van der Waals surface area contributed by atoms with E-state index in [4.69, 9.17) is 0 Å². The number of amides is 3. The van der Waals surface area contributed by atoms with E-state index in [1.807, 2.05) is 14.1 Å². The van der Waals surface area contributed by atoms with E-state index in [1.165, 1.54) is 18.2 Å². The zero-order valence-corrected chi connectivity index (χ0v) is 21.7. The summed E-state index contributed by atoms with van der Waals surface area (Å²) >= 11 is 0. The Morgan fingerprint density at radius 2 is 1.79 bits per heavy atom. The predicted molar refractivity (Wildman–Crippen MR) is 129 cm³/mol. The lowest BCUT2D eigenvalue weighted by molar-refractivity contribution is -0.126. The topological polar surface area (TPSA) is 107 Å². The molecular weight excluding hydrogens is 456 g/mol. The summed E-state index contributed by atoms with van der Waals surface area (Å²) in [6.45, 7) is 9.76. The Hall–Kier alpha value is -2.46. The van der Waals surface area contributed by atoms with Crippen LogP contribution in [0.5, 0.6) is 0 Å². The number of carbonyl (C=O) groups excluding carboxylic acids is 3. The Bertz CT molecular complexity index is 1070. The molecule has 2 aliphatic heterocycles. The number of fused-ring (bicyclic) bond motifs is 1. The van der Waals surface area contributed by atoms with Crippen molar-refractivity contribution < 1.29 is 22.8 Å². The largest absolute Gasteiger partial charge is 0.355 e. The van der Waals surface area contributed by atoms with Crippen LogP contribution in [0.15, 0.2) is 23.1 Å². The maximum absolute atomic E-state index is 13.1. The highest BCUT2D eigenvalue weighted by Gasteiger charge is 2.43. The van der Waals surface area contributed by atoms with Crippen molar-refractivity contribution in [3.8, 4) is 0 Å². The molecule has 0 aliphatic carbocycles. The highest BCUT2D eigenvalue weighted by molar-refractivity contribution is 7.90. The van der Waals surface area contributed by atoms with Crippen LogP contribution >= 0.6 is 0 Å². The molecule has 0 bridgehead atoms. The smallest absolute Gasteiger partial charge is 0.269 e. The van der Waals surface area contributed by atoms with Crippen molar-refractivity contribution in [2.24, 2.45) is 11.3 Å². The first kappa shape index (κ1) is 26.2.